The topological polar surface area (TPSA) is 93.1 Å². The number of thiophene rings is 1. The van der Waals surface area contributed by atoms with E-state index in [0.717, 1.165) is 27.8 Å². The molecule has 0 fully saturated rings. The van der Waals surface area contributed by atoms with Crippen molar-refractivity contribution in [2.75, 3.05) is 5.75 Å². The summed E-state index contributed by atoms with van der Waals surface area (Å²) in [5.74, 6) is -0.852. The Morgan fingerprint density at radius 1 is 1.12 bits per heavy atom. The molecule has 0 unspecified atom stereocenters. The Balaban J connectivity index is 1.49. The average molecular weight is 491 g/mol. The van der Waals surface area contributed by atoms with Crippen molar-refractivity contribution >= 4 is 45.1 Å². The number of aryl methyl sites for hydroxylation is 1. The van der Waals surface area contributed by atoms with Crippen LogP contribution in [0.5, 0.6) is 0 Å². The highest BCUT2D eigenvalue weighted by molar-refractivity contribution is 7.99. The first-order valence-electron chi connectivity index (χ1n) is 10.5. The average Bonchev–Trinajstić information content (AvgIpc) is 3.29. The molecule has 4 aromatic rings. The standard InChI is InChI=1S/C25H22N4O3S2/c1-3-13-29-24(32)19-14-20(17-7-5-4-6-8-17)34-23(19)26-25(29)33-15-21(30)27-28-22(31)18-11-9-16(2)10-12-18/h3-12,14H,1,13,15H2,2H3,(H,27,30)(H,28,31). The monoisotopic (exact) mass is 490 g/mol. The predicted octanol–water partition coefficient (Wildman–Crippen LogP) is 4.17. The van der Waals surface area contributed by atoms with Gasteiger partial charge in [-0.1, -0.05) is 65.9 Å². The molecule has 2 aromatic carbocycles. The van der Waals surface area contributed by atoms with Crippen LogP contribution in [0.1, 0.15) is 15.9 Å². The number of carbonyl (C=O) groups excluding carboxylic acids is 2. The highest BCUT2D eigenvalue weighted by atomic mass is 32.2. The minimum atomic E-state index is -0.416. The van der Waals surface area contributed by atoms with E-state index in [-0.39, 0.29) is 17.9 Å². The van der Waals surface area contributed by atoms with Crippen LogP contribution in [-0.2, 0) is 11.3 Å². The van der Waals surface area contributed by atoms with Gasteiger partial charge >= 0.3 is 0 Å². The van der Waals surface area contributed by atoms with E-state index < -0.39 is 11.8 Å². The number of hydrogen-bond donors (Lipinski definition) is 2. The smallest absolute Gasteiger partial charge is 0.269 e. The van der Waals surface area contributed by atoms with Gasteiger partial charge in [0.1, 0.15) is 4.83 Å². The Morgan fingerprint density at radius 3 is 2.56 bits per heavy atom. The van der Waals surface area contributed by atoms with Crippen LogP contribution in [0.3, 0.4) is 0 Å². The Hall–Kier alpha value is -3.69. The van der Waals surface area contributed by atoms with Gasteiger partial charge in [0.05, 0.1) is 11.1 Å². The summed E-state index contributed by atoms with van der Waals surface area (Å²) < 4.78 is 1.50. The molecule has 0 atom stereocenters. The molecule has 0 aliphatic heterocycles. The number of nitrogens with one attached hydrogen (secondary N) is 2. The van der Waals surface area contributed by atoms with Crippen molar-refractivity contribution in [1.82, 2.24) is 20.4 Å². The normalized spacial score (nSPS) is 10.7. The lowest BCUT2D eigenvalue weighted by Gasteiger charge is -2.10. The van der Waals surface area contributed by atoms with Crippen LogP contribution in [-0.4, -0.2) is 27.1 Å². The molecule has 2 aromatic heterocycles. The molecular formula is C25H22N4O3S2. The van der Waals surface area contributed by atoms with Crippen molar-refractivity contribution in [1.29, 1.82) is 0 Å². The Labute approximate surface area is 204 Å². The van der Waals surface area contributed by atoms with Crippen LogP contribution in [0.25, 0.3) is 20.7 Å². The quantitative estimate of drug-likeness (QED) is 0.176. The van der Waals surface area contributed by atoms with E-state index in [0.29, 0.717) is 20.9 Å². The number of nitrogens with zero attached hydrogens (tertiary/aromatic N) is 2. The van der Waals surface area contributed by atoms with E-state index in [1.807, 2.05) is 55.5 Å². The summed E-state index contributed by atoms with van der Waals surface area (Å²) in [7, 11) is 0. The van der Waals surface area contributed by atoms with E-state index in [4.69, 9.17) is 0 Å². The summed E-state index contributed by atoms with van der Waals surface area (Å²) in [4.78, 5) is 43.9. The molecule has 0 bridgehead atoms. The molecule has 0 saturated carbocycles. The number of allylic oxidation sites excluding steroid dienone is 1. The third-order valence-corrected chi connectivity index (χ3v) is 7.00. The third-order valence-electron chi connectivity index (χ3n) is 4.95. The van der Waals surface area contributed by atoms with Gasteiger partial charge in [0.15, 0.2) is 5.16 Å². The van der Waals surface area contributed by atoms with E-state index in [1.165, 1.54) is 15.9 Å². The molecular weight excluding hydrogens is 468 g/mol. The first-order chi connectivity index (χ1) is 16.5. The third kappa shape index (κ3) is 5.27. The molecule has 34 heavy (non-hydrogen) atoms. The molecule has 4 rings (SSSR count). The number of thioether (sulfide) groups is 1. The van der Waals surface area contributed by atoms with Crippen LogP contribution < -0.4 is 16.4 Å². The molecule has 9 heteroatoms. The van der Waals surface area contributed by atoms with Crippen LogP contribution >= 0.6 is 23.1 Å². The second-order valence-electron chi connectivity index (χ2n) is 7.45. The van der Waals surface area contributed by atoms with Crippen molar-refractivity contribution in [2.24, 2.45) is 0 Å². The van der Waals surface area contributed by atoms with Gasteiger partial charge < -0.3 is 0 Å². The molecule has 2 N–H and O–H groups in total. The maximum Gasteiger partial charge on any atom is 0.269 e. The predicted molar refractivity (Wildman–Crippen MR) is 137 cm³/mol. The van der Waals surface area contributed by atoms with Crippen molar-refractivity contribution in [2.45, 2.75) is 18.6 Å². The molecule has 0 saturated heterocycles. The Bertz CT molecular complexity index is 1410. The molecule has 0 radical (unpaired) electrons. The van der Waals surface area contributed by atoms with E-state index in [2.05, 4.69) is 22.4 Å². The first-order valence-corrected chi connectivity index (χ1v) is 12.3. The van der Waals surface area contributed by atoms with Crippen LogP contribution in [0.15, 0.2) is 83.3 Å². The van der Waals surface area contributed by atoms with Gasteiger partial charge in [-0.3, -0.25) is 29.8 Å². The molecule has 0 aliphatic carbocycles. The fourth-order valence-electron chi connectivity index (χ4n) is 3.21. The number of carbonyl (C=O) groups is 2. The number of fused-ring (bicyclic) bond motifs is 1. The molecule has 2 amide bonds. The zero-order chi connectivity index (χ0) is 24.1. The number of hydrogen-bond acceptors (Lipinski definition) is 6. The number of rotatable bonds is 7. The van der Waals surface area contributed by atoms with Gasteiger partial charge in [-0.2, -0.15) is 0 Å². The molecule has 2 heterocycles. The molecule has 172 valence electrons. The highest BCUT2D eigenvalue weighted by Gasteiger charge is 2.16. The van der Waals surface area contributed by atoms with Crippen molar-refractivity contribution < 1.29 is 9.59 Å². The zero-order valence-corrected chi connectivity index (χ0v) is 20.0. The molecule has 7 nitrogen and oxygen atoms in total. The lowest BCUT2D eigenvalue weighted by molar-refractivity contribution is -0.119. The summed E-state index contributed by atoms with van der Waals surface area (Å²) in [5, 5.41) is 0.948. The maximum absolute atomic E-state index is 13.1. The lowest BCUT2D eigenvalue weighted by Crippen LogP contribution is -2.42. The fraction of sp³-hybridized carbons (Fsp3) is 0.120. The Morgan fingerprint density at radius 2 is 1.85 bits per heavy atom. The maximum atomic E-state index is 13.1. The molecule has 0 aliphatic rings. The zero-order valence-electron chi connectivity index (χ0n) is 18.4. The van der Waals surface area contributed by atoms with Gasteiger partial charge in [-0.05, 0) is 30.7 Å². The molecule has 0 spiro atoms. The minimum absolute atomic E-state index is 0.0276. The summed E-state index contributed by atoms with van der Waals surface area (Å²) in [6.07, 6.45) is 1.62. The summed E-state index contributed by atoms with van der Waals surface area (Å²) in [6.45, 7) is 5.93. The number of hydrazine groups is 1. The second-order valence-corrected chi connectivity index (χ2v) is 9.42. The van der Waals surface area contributed by atoms with Gasteiger partial charge in [-0.25, -0.2) is 4.98 Å². The van der Waals surface area contributed by atoms with Crippen LogP contribution in [0, 0.1) is 6.92 Å². The minimum Gasteiger partial charge on any atom is -0.283 e. The second kappa shape index (κ2) is 10.5. The SMILES string of the molecule is C=CCn1c(SCC(=O)NNC(=O)c2ccc(C)cc2)nc2sc(-c3ccccc3)cc2c1=O. The van der Waals surface area contributed by atoms with Crippen LogP contribution in [0.4, 0.5) is 0 Å². The van der Waals surface area contributed by atoms with Gasteiger partial charge in [0.25, 0.3) is 11.5 Å². The van der Waals surface area contributed by atoms with Crippen molar-refractivity contribution in [3.8, 4) is 10.4 Å². The summed E-state index contributed by atoms with van der Waals surface area (Å²) in [6, 6.07) is 18.7. The number of amides is 2. The first kappa shape index (κ1) is 23.5. The largest absolute Gasteiger partial charge is 0.283 e. The number of aromatic nitrogens is 2. The van der Waals surface area contributed by atoms with E-state index in [1.54, 1.807) is 18.2 Å². The fourth-order valence-corrected chi connectivity index (χ4v) is 5.10. The lowest BCUT2D eigenvalue weighted by atomic mass is 10.1. The van der Waals surface area contributed by atoms with Crippen LogP contribution in [0.2, 0.25) is 0 Å². The van der Waals surface area contributed by atoms with Gasteiger partial charge in [0, 0.05) is 17.0 Å². The van der Waals surface area contributed by atoms with E-state index in [9.17, 15) is 14.4 Å². The van der Waals surface area contributed by atoms with Crippen molar-refractivity contribution in [3.63, 3.8) is 0 Å². The highest BCUT2D eigenvalue weighted by Crippen LogP contribution is 2.32. The van der Waals surface area contributed by atoms with Gasteiger partial charge in [-0.15, -0.1) is 17.9 Å². The van der Waals surface area contributed by atoms with Gasteiger partial charge in [0.2, 0.25) is 5.91 Å². The van der Waals surface area contributed by atoms with E-state index >= 15 is 0 Å². The number of benzene rings is 2. The van der Waals surface area contributed by atoms with Crippen molar-refractivity contribution in [3.05, 3.63) is 94.8 Å². The summed E-state index contributed by atoms with van der Waals surface area (Å²) >= 11 is 2.56. The Kier molecular flexibility index (Phi) is 7.24. The summed E-state index contributed by atoms with van der Waals surface area (Å²) in [5.41, 5.74) is 7.11.